The second-order valence-electron chi connectivity index (χ2n) is 8.89. The molecule has 0 radical (unpaired) electrons. The van der Waals surface area contributed by atoms with Crippen molar-refractivity contribution in [2.45, 2.75) is 31.8 Å². The van der Waals surface area contributed by atoms with Gasteiger partial charge in [0.25, 0.3) is 0 Å². The van der Waals surface area contributed by atoms with Gasteiger partial charge in [0, 0.05) is 32.2 Å². The van der Waals surface area contributed by atoms with Crippen molar-refractivity contribution in [3.63, 3.8) is 0 Å². The Balaban J connectivity index is 1.63. The van der Waals surface area contributed by atoms with Gasteiger partial charge >= 0.3 is 6.03 Å². The minimum atomic E-state index is -0.347. The highest BCUT2D eigenvalue weighted by Crippen LogP contribution is 2.39. The predicted octanol–water partition coefficient (Wildman–Crippen LogP) is 3.48. The summed E-state index contributed by atoms with van der Waals surface area (Å²) in [5, 5.41) is 3.53. The van der Waals surface area contributed by atoms with E-state index in [2.05, 4.69) is 11.7 Å². The molecule has 8 heteroatoms. The number of hydrazone groups is 1. The van der Waals surface area contributed by atoms with Crippen LogP contribution in [0.5, 0.6) is 5.75 Å². The van der Waals surface area contributed by atoms with Crippen LogP contribution in [-0.2, 0) is 11.3 Å². The van der Waals surface area contributed by atoms with Crippen LogP contribution in [0.1, 0.15) is 30.9 Å². The molecule has 2 aliphatic rings. The first-order valence-electron chi connectivity index (χ1n) is 11.4. The van der Waals surface area contributed by atoms with E-state index in [4.69, 9.17) is 10.6 Å². The number of methoxy groups -OCH3 is 1. The number of rotatable bonds is 6. The Morgan fingerprint density at radius 1 is 1.21 bits per heavy atom. The lowest BCUT2D eigenvalue weighted by Gasteiger charge is -2.43. The van der Waals surface area contributed by atoms with Crippen LogP contribution in [0.25, 0.3) is 5.57 Å². The maximum atomic E-state index is 13.8. The molecule has 0 unspecified atom stereocenters. The Kier molecular flexibility index (Phi) is 6.58. The number of ether oxygens (including phenoxy) is 1. The van der Waals surface area contributed by atoms with Gasteiger partial charge < -0.3 is 20.4 Å². The number of anilines is 1. The van der Waals surface area contributed by atoms with Gasteiger partial charge in [-0.15, -0.1) is 0 Å². The van der Waals surface area contributed by atoms with E-state index in [1.54, 1.807) is 14.0 Å². The summed E-state index contributed by atoms with van der Waals surface area (Å²) in [6, 6.07) is 15.5. The van der Waals surface area contributed by atoms with Crippen molar-refractivity contribution >= 4 is 29.4 Å². The summed E-state index contributed by atoms with van der Waals surface area (Å²) in [7, 11) is 1.64. The number of urea groups is 1. The van der Waals surface area contributed by atoms with E-state index in [0.717, 1.165) is 35.4 Å². The molecule has 2 fully saturated rings. The van der Waals surface area contributed by atoms with Crippen molar-refractivity contribution in [1.29, 1.82) is 0 Å². The lowest BCUT2D eigenvalue weighted by atomic mass is 9.86. The molecule has 0 atom stereocenters. The molecule has 0 bridgehead atoms. The monoisotopic (exact) mass is 461 g/mol. The largest absolute Gasteiger partial charge is 0.497 e. The van der Waals surface area contributed by atoms with E-state index < -0.39 is 0 Å². The molecule has 2 aliphatic heterocycles. The van der Waals surface area contributed by atoms with E-state index >= 15 is 0 Å². The third-order valence-electron chi connectivity index (χ3n) is 6.88. The molecule has 2 aromatic carbocycles. The Bertz CT molecular complexity index is 1100. The summed E-state index contributed by atoms with van der Waals surface area (Å²) >= 11 is 0. The van der Waals surface area contributed by atoms with E-state index in [1.165, 1.54) is 6.21 Å². The number of hydrogen-bond acceptors (Lipinski definition) is 5. The van der Waals surface area contributed by atoms with Crippen molar-refractivity contribution in [2.75, 3.05) is 31.6 Å². The van der Waals surface area contributed by atoms with Crippen LogP contribution in [0.4, 0.5) is 10.5 Å². The first kappa shape index (κ1) is 23.4. The third-order valence-corrected chi connectivity index (χ3v) is 6.88. The number of carbonyl (C=O) groups is 2. The van der Waals surface area contributed by atoms with Gasteiger partial charge in [0.1, 0.15) is 5.75 Å². The Morgan fingerprint density at radius 2 is 1.91 bits per heavy atom. The number of amides is 3. The highest BCUT2D eigenvalue weighted by atomic mass is 16.5. The quantitative estimate of drug-likeness (QED) is 0.405. The molecular weight excluding hydrogens is 430 g/mol. The zero-order chi connectivity index (χ0) is 24.3. The van der Waals surface area contributed by atoms with Gasteiger partial charge in [0.15, 0.2) is 0 Å². The van der Waals surface area contributed by atoms with Crippen molar-refractivity contribution in [2.24, 2.45) is 10.9 Å². The molecule has 3 amide bonds. The van der Waals surface area contributed by atoms with Gasteiger partial charge in [-0.1, -0.05) is 30.8 Å². The van der Waals surface area contributed by atoms with Crippen LogP contribution in [0.3, 0.4) is 0 Å². The van der Waals surface area contributed by atoms with Crippen LogP contribution >= 0.6 is 0 Å². The number of benzene rings is 2. The summed E-state index contributed by atoms with van der Waals surface area (Å²) in [6.45, 7) is 7.90. The third kappa shape index (κ3) is 4.48. The first-order valence-corrected chi connectivity index (χ1v) is 11.4. The average Bonchev–Trinajstić information content (AvgIpc) is 3.11. The number of allylic oxidation sites excluding steroid dienone is 1. The molecule has 8 nitrogen and oxygen atoms in total. The molecule has 178 valence electrons. The fourth-order valence-corrected chi connectivity index (χ4v) is 4.87. The fourth-order valence-electron chi connectivity index (χ4n) is 4.87. The van der Waals surface area contributed by atoms with Crippen LogP contribution in [-0.4, -0.2) is 60.2 Å². The highest BCUT2D eigenvalue weighted by Gasteiger charge is 2.51. The molecule has 1 spiro atoms. The van der Waals surface area contributed by atoms with Crippen molar-refractivity contribution in [3.05, 3.63) is 66.2 Å². The molecule has 2 aromatic rings. The number of likely N-dealkylation sites (tertiary alicyclic amines) is 1. The van der Waals surface area contributed by atoms with Crippen molar-refractivity contribution in [3.8, 4) is 5.75 Å². The number of piperidine rings is 1. The molecule has 0 aromatic heterocycles. The van der Waals surface area contributed by atoms with Crippen LogP contribution < -0.4 is 15.5 Å². The van der Waals surface area contributed by atoms with Crippen LogP contribution in [0.2, 0.25) is 0 Å². The van der Waals surface area contributed by atoms with Crippen LogP contribution in [0.15, 0.2) is 60.2 Å². The first-order chi connectivity index (χ1) is 16.4. The fraction of sp³-hybridized carbons (Fsp3) is 0.346. The molecular formula is C26H31N5O3. The number of nitrogens with two attached hydrogens (primary N) is 1. The van der Waals surface area contributed by atoms with E-state index in [9.17, 15) is 9.59 Å². The second-order valence-corrected chi connectivity index (χ2v) is 8.89. The van der Waals surface area contributed by atoms with Gasteiger partial charge in [0.2, 0.25) is 5.91 Å². The minimum absolute atomic E-state index is 0.0332. The zero-order valence-electron chi connectivity index (χ0n) is 19.7. The van der Waals surface area contributed by atoms with Gasteiger partial charge in [-0.05, 0) is 53.8 Å². The Morgan fingerprint density at radius 3 is 2.53 bits per heavy atom. The molecule has 2 saturated heterocycles. The summed E-state index contributed by atoms with van der Waals surface area (Å²) in [5.41, 5.74) is 3.08. The molecule has 2 heterocycles. The average molecular weight is 462 g/mol. The van der Waals surface area contributed by atoms with Crippen molar-refractivity contribution in [1.82, 2.24) is 9.80 Å². The van der Waals surface area contributed by atoms with Gasteiger partial charge in [0.05, 0.1) is 25.4 Å². The summed E-state index contributed by atoms with van der Waals surface area (Å²) in [6.07, 6.45) is 2.98. The van der Waals surface area contributed by atoms with E-state index in [1.807, 2.05) is 63.2 Å². The molecule has 0 aliphatic carbocycles. The minimum Gasteiger partial charge on any atom is -0.497 e. The summed E-state index contributed by atoms with van der Waals surface area (Å²) < 4.78 is 5.38. The Labute approximate surface area is 200 Å². The van der Waals surface area contributed by atoms with Gasteiger partial charge in [-0.3, -0.25) is 9.69 Å². The normalized spacial score (nSPS) is 17.6. The molecule has 2 N–H and O–H groups in total. The van der Waals surface area contributed by atoms with Crippen LogP contribution in [0, 0.1) is 0 Å². The highest BCUT2D eigenvalue weighted by molar-refractivity contribution is 6.08. The lowest BCUT2D eigenvalue weighted by Crippen LogP contribution is -2.54. The van der Waals surface area contributed by atoms with E-state index in [0.29, 0.717) is 31.8 Å². The van der Waals surface area contributed by atoms with E-state index in [-0.39, 0.29) is 17.5 Å². The summed E-state index contributed by atoms with van der Waals surface area (Å²) in [4.78, 5) is 31.4. The number of nitrogens with zero attached hydrogens (tertiary/aromatic N) is 4. The maximum absolute atomic E-state index is 13.8. The number of hydrogen-bond donors (Lipinski definition) is 1. The molecule has 0 saturated carbocycles. The second kappa shape index (κ2) is 9.59. The molecule has 4 rings (SSSR count). The maximum Gasteiger partial charge on any atom is 0.325 e. The lowest BCUT2D eigenvalue weighted by molar-refractivity contribution is -0.131. The predicted molar refractivity (Wildman–Crippen MR) is 134 cm³/mol. The number of carbonyl (C=O) groups excluding carboxylic acids is 2. The zero-order valence-corrected chi connectivity index (χ0v) is 19.7. The van der Waals surface area contributed by atoms with Crippen molar-refractivity contribution < 1.29 is 14.3 Å². The smallest absolute Gasteiger partial charge is 0.325 e. The van der Waals surface area contributed by atoms with Gasteiger partial charge in [-0.2, -0.15) is 5.10 Å². The summed E-state index contributed by atoms with van der Waals surface area (Å²) in [5.74, 6) is 6.08. The Hall–Kier alpha value is -3.81. The topological polar surface area (TPSA) is 91.5 Å². The van der Waals surface area contributed by atoms with Gasteiger partial charge in [-0.25, -0.2) is 4.79 Å². The molecule has 34 heavy (non-hydrogen) atoms. The SMILES string of the molecule is C=C(/C=N\N)c1ccc(N2CC3(CCN(C(C)=O)CC3)N(Cc3cccc(OC)c3)C2=O)cc1. The standard InChI is InChI=1S/C26H31N5O3/c1-19(16-28-27)22-7-9-23(10-8-22)30-18-26(11-13-29(14-12-26)20(2)32)31(25(30)33)17-21-5-4-6-24(15-21)34-3/h4-10,15-16H,1,11-14,17-18,27H2,2-3H3/b28-16-.